The van der Waals surface area contributed by atoms with Gasteiger partial charge in [-0.15, -0.1) is 0 Å². The van der Waals surface area contributed by atoms with Crippen molar-refractivity contribution in [1.82, 2.24) is 10.6 Å². The summed E-state index contributed by atoms with van der Waals surface area (Å²) < 4.78 is 5.02. The van der Waals surface area contributed by atoms with Crippen LogP contribution in [0.15, 0.2) is 30.3 Å². The van der Waals surface area contributed by atoms with Gasteiger partial charge >= 0.3 is 6.09 Å². The van der Waals surface area contributed by atoms with Gasteiger partial charge in [-0.05, 0) is 12.5 Å². The summed E-state index contributed by atoms with van der Waals surface area (Å²) in [6.07, 6.45) is 1.04. The molecule has 6 nitrogen and oxygen atoms in total. The highest BCUT2D eigenvalue weighted by Gasteiger charge is 2.12. The van der Waals surface area contributed by atoms with Gasteiger partial charge in [-0.1, -0.05) is 30.3 Å². The van der Waals surface area contributed by atoms with Crippen molar-refractivity contribution in [3.8, 4) is 0 Å². The first-order valence-electron chi connectivity index (χ1n) is 6.20. The molecular weight excluding hydrogens is 260 g/mol. The number of carbonyl (C=O) groups is 2. The number of hydrogen-bond donors (Lipinski definition) is 2. The lowest BCUT2D eigenvalue weighted by atomic mass is 10.2. The van der Waals surface area contributed by atoms with E-state index in [1.807, 2.05) is 30.3 Å². The van der Waals surface area contributed by atoms with Gasteiger partial charge in [0.25, 0.3) is 0 Å². The minimum atomic E-state index is -0.587. The van der Waals surface area contributed by atoms with E-state index in [2.05, 4.69) is 10.6 Å². The second-order valence-electron chi connectivity index (χ2n) is 4.23. The lowest BCUT2D eigenvalue weighted by molar-refractivity contribution is -0.121. The van der Waals surface area contributed by atoms with Gasteiger partial charge < -0.3 is 15.4 Å². The largest absolute Gasteiger partial charge is 0.445 e. The van der Waals surface area contributed by atoms with Gasteiger partial charge in [0.1, 0.15) is 6.61 Å². The number of alkyl carbamates (subject to hydrolysis) is 1. The lowest BCUT2D eigenvalue weighted by Gasteiger charge is -2.13. The quantitative estimate of drug-likeness (QED) is 0.776. The molecule has 6 heteroatoms. The Morgan fingerprint density at radius 1 is 1.30 bits per heavy atom. The summed E-state index contributed by atoms with van der Waals surface area (Å²) in [5.41, 5.74) is 0.884. The average molecular weight is 277 g/mol. The number of hydrogen-bond acceptors (Lipinski definition) is 4. The van der Waals surface area contributed by atoms with Crippen molar-refractivity contribution in [3.63, 3.8) is 0 Å². The molecule has 1 aromatic rings. The molecule has 1 radical (unpaired) electrons. The van der Waals surface area contributed by atoms with E-state index in [-0.39, 0.29) is 31.5 Å². The molecule has 0 bridgehead atoms. The Morgan fingerprint density at radius 2 is 2.00 bits per heavy atom. The standard InChI is InChI=1S/C14H17N2O4/c1-11(9-13(18)15-7-8-17)16-14(19)20-10-12-5-3-2-4-6-12/h2-6,11H,7,9-10H2,1H3,(H,15,18)(H,16,19). The van der Waals surface area contributed by atoms with Crippen LogP contribution in [0.1, 0.15) is 18.9 Å². The molecule has 0 aliphatic rings. The fourth-order valence-electron chi connectivity index (χ4n) is 1.50. The highest BCUT2D eigenvalue weighted by Crippen LogP contribution is 2.01. The molecule has 0 spiro atoms. The third-order valence-electron chi connectivity index (χ3n) is 2.43. The number of ether oxygens (including phenoxy) is 1. The maximum Gasteiger partial charge on any atom is 0.407 e. The predicted octanol–water partition coefficient (Wildman–Crippen LogP) is 0.917. The van der Waals surface area contributed by atoms with E-state index in [1.54, 1.807) is 13.2 Å². The molecule has 0 fully saturated rings. The van der Waals surface area contributed by atoms with Gasteiger partial charge in [0.2, 0.25) is 12.2 Å². The van der Waals surface area contributed by atoms with E-state index in [4.69, 9.17) is 4.74 Å². The summed E-state index contributed by atoms with van der Waals surface area (Å²) in [5, 5.41) is 4.88. The second kappa shape index (κ2) is 8.68. The van der Waals surface area contributed by atoms with Gasteiger partial charge in [-0.25, -0.2) is 4.79 Å². The lowest BCUT2D eigenvalue weighted by Crippen LogP contribution is -2.37. The predicted molar refractivity (Wildman–Crippen MR) is 72.5 cm³/mol. The van der Waals surface area contributed by atoms with E-state index in [0.29, 0.717) is 0 Å². The molecule has 0 aliphatic carbocycles. The van der Waals surface area contributed by atoms with Gasteiger partial charge in [0.05, 0.1) is 6.54 Å². The first-order chi connectivity index (χ1) is 9.61. The molecule has 0 aromatic heterocycles. The van der Waals surface area contributed by atoms with Crippen LogP contribution in [-0.4, -0.2) is 30.9 Å². The molecule has 1 atom stereocenters. The molecule has 1 unspecified atom stereocenters. The molecule has 107 valence electrons. The minimum absolute atomic E-state index is 0.0715. The van der Waals surface area contributed by atoms with Crippen LogP contribution >= 0.6 is 0 Å². The SMILES string of the molecule is CC(CC(=O)NC[C]=O)NC(=O)OCc1ccccc1. The molecule has 0 aliphatic heterocycles. The Labute approximate surface area is 117 Å². The first kappa shape index (κ1) is 15.7. The summed E-state index contributed by atoms with van der Waals surface area (Å²) in [6.45, 7) is 1.70. The van der Waals surface area contributed by atoms with Gasteiger partial charge in [0, 0.05) is 12.5 Å². The Hall–Kier alpha value is -2.37. The van der Waals surface area contributed by atoms with Crippen molar-refractivity contribution in [2.24, 2.45) is 0 Å². The molecule has 1 rings (SSSR count). The van der Waals surface area contributed by atoms with Crippen LogP contribution in [0.4, 0.5) is 4.79 Å². The summed E-state index contributed by atoms with van der Waals surface area (Å²) in [6, 6.07) is 8.90. The topological polar surface area (TPSA) is 84.5 Å². The molecule has 0 heterocycles. The highest BCUT2D eigenvalue weighted by molar-refractivity contribution is 5.79. The smallest absolute Gasteiger partial charge is 0.407 e. The van der Waals surface area contributed by atoms with Crippen molar-refractivity contribution in [1.29, 1.82) is 0 Å². The van der Waals surface area contributed by atoms with E-state index in [9.17, 15) is 14.4 Å². The first-order valence-corrected chi connectivity index (χ1v) is 6.20. The van der Waals surface area contributed by atoms with Crippen LogP contribution in [0, 0.1) is 0 Å². The molecule has 2 amide bonds. The Morgan fingerprint density at radius 3 is 2.65 bits per heavy atom. The fourth-order valence-corrected chi connectivity index (χ4v) is 1.50. The van der Waals surface area contributed by atoms with Gasteiger partial charge in [-0.3, -0.25) is 9.59 Å². The van der Waals surface area contributed by atoms with Crippen molar-refractivity contribution in [2.45, 2.75) is 26.0 Å². The Bertz CT molecular complexity index is 448. The van der Waals surface area contributed by atoms with Crippen molar-refractivity contribution < 1.29 is 19.1 Å². The molecule has 20 heavy (non-hydrogen) atoms. The third kappa shape index (κ3) is 6.53. The van der Waals surface area contributed by atoms with Crippen LogP contribution in [0.3, 0.4) is 0 Å². The fraction of sp³-hybridized carbons (Fsp3) is 0.357. The zero-order chi connectivity index (χ0) is 14.8. The maximum atomic E-state index is 11.5. The number of carbonyl (C=O) groups excluding carboxylic acids is 3. The number of nitrogens with one attached hydrogen (secondary N) is 2. The minimum Gasteiger partial charge on any atom is -0.445 e. The molecule has 1 aromatic carbocycles. The van der Waals surface area contributed by atoms with Crippen molar-refractivity contribution in [3.05, 3.63) is 35.9 Å². The van der Waals surface area contributed by atoms with E-state index in [0.717, 1.165) is 5.56 Å². The van der Waals surface area contributed by atoms with Crippen LogP contribution in [0.5, 0.6) is 0 Å². The molecule has 0 saturated heterocycles. The summed E-state index contributed by atoms with van der Waals surface area (Å²) in [5.74, 6) is -0.329. The normalized spacial score (nSPS) is 11.2. The van der Waals surface area contributed by atoms with Crippen LogP contribution in [-0.2, 0) is 20.9 Å². The molecule has 2 N–H and O–H groups in total. The third-order valence-corrected chi connectivity index (χ3v) is 2.43. The summed E-state index contributed by atoms with van der Waals surface area (Å²) in [7, 11) is 0. The van der Waals surface area contributed by atoms with Crippen molar-refractivity contribution in [2.75, 3.05) is 6.54 Å². The van der Waals surface area contributed by atoms with E-state index >= 15 is 0 Å². The van der Waals surface area contributed by atoms with Gasteiger partial charge in [-0.2, -0.15) is 0 Å². The van der Waals surface area contributed by atoms with Crippen LogP contribution < -0.4 is 10.6 Å². The van der Waals surface area contributed by atoms with E-state index in [1.165, 1.54) is 0 Å². The van der Waals surface area contributed by atoms with Crippen LogP contribution in [0.25, 0.3) is 0 Å². The maximum absolute atomic E-state index is 11.5. The molecule has 0 saturated carbocycles. The highest BCUT2D eigenvalue weighted by atomic mass is 16.5. The number of amides is 2. The average Bonchev–Trinajstić information content (AvgIpc) is 2.44. The molecular formula is C14H17N2O4. The summed E-state index contributed by atoms with van der Waals surface area (Å²) in [4.78, 5) is 32.7. The second-order valence-corrected chi connectivity index (χ2v) is 4.23. The zero-order valence-electron chi connectivity index (χ0n) is 11.2. The number of rotatable bonds is 7. The monoisotopic (exact) mass is 277 g/mol. The van der Waals surface area contributed by atoms with Crippen LogP contribution in [0.2, 0.25) is 0 Å². The summed E-state index contributed by atoms with van der Waals surface area (Å²) >= 11 is 0. The van der Waals surface area contributed by atoms with Gasteiger partial charge in [0.15, 0.2) is 0 Å². The van der Waals surface area contributed by atoms with E-state index < -0.39 is 6.09 Å². The number of benzene rings is 1. The van der Waals surface area contributed by atoms with Crippen molar-refractivity contribution >= 4 is 18.3 Å². The Balaban J connectivity index is 2.24. The Kier molecular flexibility index (Phi) is 6.81. The zero-order valence-corrected chi connectivity index (χ0v) is 11.2.